The standard InChI is InChI=1S/C18H18N4O3/c1-2-24-14-7-5-6-12-10-13(11-25-16(12)14)17(23)19-18-21-20-15-8-3-4-9-22(15)18/h3-9,13H,2,10-11H2,1H3,(H,19,21,23)/t13-/m0/s1. The number of hydrogen-bond donors (Lipinski definition) is 1. The van der Waals surface area contributed by atoms with E-state index >= 15 is 0 Å². The molecule has 0 bridgehead atoms. The maximum Gasteiger partial charge on any atom is 0.235 e. The van der Waals surface area contributed by atoms with Crippen LogP contribution in [0.25, 0.3) is 5.65 Å². The summed E-state index contributed by atoms with van der Waals surface area (Å²) in [5, 5.41) is 10.9. The molecule has 1 aliphatic rings. The number of pyridine rings is 1. The molecule has 0 radical (unpaired) electrons. The van der Waals surface area contributed by atoms with Crippen molar-refractivity contribution in [2.45, 2.75) is 13.3 Å². The van der Waals surface area contributed by atoms with E-state index in [0.29, 0.717) is 31.2 Å². The minimum Gasteiger partial charge on any atom is -0.490 e. The number of para-hydroxylation sites is 1. The van der Waals surface area contributed by atoms with Crippen LogP contribution in [0.3, 0.4) is 0 Å². The number of ether oxygens (including phenoxy) is 2. The van der Waals surface area contributed by atoms with E-state index in [1.54, 1.807) is 4.40 Å². The van der Waals surface area contributed by atoms with Gasteiger partial charge in [0.1, 0.15) is 6.61 Å². The molecule has 0 spiro atoms. The molecule has 1 atom stereocenters. The summed E-state index contributed by atoms with van der Waals surface area (Å²) in [6, 6.07) is 11.3. The number of rotatable bonds is 4. The maximum atomic E-state index is 12.6. The number of amides is 1. The van der Waals surface area contributed by atoms with Crippen LogP contribution in [-0.2, 0) is 11.2 Å². The largest absolute Gasteiger partial charge is 0.490 e. The van der Waals surface area contributed by atoms with Gasteiger partial charge in [0.2, 0.25) is 11.9 Å². The Morgan fingerprint density at radius 1 is 1.32 bits per heavy atom. The highest BCUT2D eigenvalue weighted by atomic mass is 16.5. The van der Waals surface area contributed by atoms with Crippen LogP contribution < -0.4 is 14.8 Å². The van der Waals surface area contributed by atoms with Crippen LogP contribution >= 0.6 is 0 Å². The molecule has 7 heteroatoms. The Hall–Kier alpha value is -3.09. The first kappa shape index (κ1) is 15.4. The van der Waals surface area contributed by atoms with E-state index in [1.165, 1.54) is 0 Å². The number of benzene rings is 1. The Morgan fingerprint density at radius 2 is 2.24 bits per heavy atom. The highest BCUT2D eigenvalue weighted by Crippen LogP contribution is 2.36. The van der Waals surface area contributed by atoms with Gasteiger partial charge in [0.05, 0.1) is 12.5 Å². The molecule has 1 N–H and O–H groups in total. The predicted octanol–water partition coefficient (Wildman–Crippen LogP) is 2.32. The number of nitrogens with zero attached hydrogens (tertiary/aromatic N) is 3. The molecule has 0 fully saturated rings. The molecular formula is C18H18N4O3. The third-order valence-corrected chi connectivity index (χ3v) is 4.17. The molecule has 1 amide bonds. The summed E-state index contributed by atoms with van der Waals surface area (Å²) >= 11 is 0. The molecular weight excluding hydrogens is 320 g/mol. The van der Waals surface area contributed by atoms with Crippen LogP contribution in [0.5, 0.6) is 11.5 Å². The van der Waals surface area contributed by atoms with E-state index in [4.69, 9.17) is 9.47 Å². The third-order valence-electron chi connectivity index (χ3n) is 4.17. The van der Waals surface area contributed by atoms with Crippen LogP contribution in [0.4, 0.5) is 5.95 Å². The number of nitrogens with one attached hydrogen (secondary N) is 1. The van der Waals surface area contributed by atoms with Crippen molar-refractivity contribution in [2.24, 2.45) is 5.92 Å². The van der Waals surface area contributed by atoms with Gasteiger partial charge in [0.25, 0.3) is 0 Å². The van der Waals surface area contributed by atoms with Gasteiger partial charge in [-0.25, -0.2) is 0 Å². The van der Waals surface area contributed by atoms with Crippen molar-refractivity contribution in [3.63, 3.8) is 0 Å². The van der Waals surface area contributed by atoms with E-state index < -0.39 is 0 Å². The molecule has 3 heterocycles. The zero-order valence-corrected chi connectivity index (χ0v) is 13.8. The average Bonchev–Trinajstić information content (AvgIpc) is 3.05. The van der Waals surface area contributed by atoms with E-state index in [1.807, 2.05) is 49.5 Å². The number of carbonyl (C=O) groups is 1. The third kappa shape index (κ3) is 2.88. The fourth-order valence-electron chi connectivity index (χ4n) is 2.97. The molecule has 7 nitrogen and oxygen atoms in total. The van der Waals surface area contributed by atoms with Gasteiger partial charge in [-0.1, -0.05) is 18.2 Å². The van der Waals surface area contributed by atoms with Gasteiger partial charge < -0.3 is 9.47 Å². The molecule has 3 aromatic rings. The summed E-state index contributed by atoms with van der Waals surface area (Å²) in [4.78, 5) is 12.6. The molecule has 0 aliphatic carbocycles. The highest BCUT2D eigenvalue weighted by molar-refractivity contribution is 5.91. The van der Waals surface area contributed by atoms with Crippen molar-refractivity contribution >= 4 is 17.5 Å². The summed E-state index contributed by atoms with van der Waals surface area (Å²) < 4.78 is 13.1. The fraction of sp³-hybridized carbons (Fsp3) is 0.278. The van der Waals surface area contributed by atoms with Crippen LogP contribution in [0.2, 0.25) is 0 Å². The van der Waals surface area contributed by atoms with Crippen LogP contribution in [0.1, 0.15) is 12.5 Å². The Balaban J connectivity index is 1.52. The molecule has 0 unspecified atom stereocenters. The van der Waals surface area contributed by atoms with Gasteiger partial charge in [0.15, 0.2) is 17.1 Å². The summed E-state index contributed by atoms with van der Waals surface area (Å²) in [6.07, 6.45) is 2.41. The van der Waals surface area contributed by atoms with Gasteiger partial charge in [-0.2, -0.15) is 0 Å². The predicted molar refractivity (Wildman–Crippen MR) is 91.9 cm³/mol. The van der Waals surface area contributed by atoms with Crippen molar-refractivity contribution in [2.75, 3.05) is 18.5 Å². The van der Waals surface area contributed by atoms with E-state index in [0.717, 1.165) is 17.1 Å². The van der Waals surface area contributed by atoms with Gasteiger partial charge in [-0.15, -0.1) is 10.2 Å². The first-order valence-corrected chi connectivity index (χ1v) is 8.24. The topological polar surface area (TPSA) is 77.8 Å². The first-order valence-electron chi connectivity index (χ1n) is 8.24. The quantitative estimate of drug-likeness (QED) is 0.790. The second-order valence-electron chi connectivity index (χ2n) is 5.83. The maximum absolute atomic E-state index is 12.6. The highest BCUT2D eigenvalue weighted by Gasteiger charge is 2.28. The molecule has 128 valence electrons. The van der Waals surface area contributed by atoms with Gasteiger partial charge >= 0.3 is 0 Å². The summed E-state index contributed by atoms with van der Waals surface area (Å²) in [5.41, 5.74) is 1.66. The fourth-order valence-corrected chi connectivity index (χ4v) is 2.97. The Labute approximate surface area is 144 Å². The molecule has 4 rings (SSSR count). The smallest absolute Gasteiger partial charge is 0.235 e. The number of anilines is 1. The van der Waals surface area contributed by atoms with E-state index in [2.05, 4.69) is 15.5 Å². The van der Waals surface area contributed by atoms with Crippen molar-refractivity contribution < 1.29 is 14.3 Å². The average molecular weight is 338 g/mol. The lowest BCUT2D eigenvalue weighted by atomic mass is 9.95. The minimum absolute atomic E-state index is 0.134. The van der Waals surface area contributed by atoms with Crippen molar-refractivity contribution in [1.82, 2.24) is 14.6 Å². The zero-order valence-electron chi connectivity index (χ0n) is 13.8. The molecule has 0 saturated heterocycles. The Bertz CT molecular complexity index is 922. The summed E-state index contributed by atoms with van der Waals surface area (Å²) in [7, 11) is 0. The van der Waals surface area contributed by atoms with E-state index in [9.17, 15) is 4.79 Å². The Kier molecular flexibility index (Phi) is 3.97. The van der Waals surface area contributed by atoms with Crippen molar-refractivity contribution in [3.8, 4) is 11.5 Å². The van der Waals surface area contributed by atoms with Crippen LogP contribution in [0, 0.1) is 5.92 Å². The number of hydrogen-bond acceptors (Lipinski definition) is 5. The van der Waals surface area contributed by atoms with Crippen LogP contribution in [-0.4, -0.2) is 33.7 Å². The molecule has 25 heavy (non-hydrogen) atoms. The zero-order chi connectivity index (χ0) is 17.2. The lowest BCUT2D eigenvalue weighted by Crippen LogP contribution is -2.33. The normalized spacial score (nSPS) is 16.1. The van der Waals surface area contributed by atoms with Gasteiger partial charge in [0, 0.05) is 6.20 Å². The summed E-state index contributed by atoms with van der Waals surface area (Å²) in [6.45, 7) is 2.81. The van der Waals surface area contributed by atoms with Crippen molar-refractivity contribution in [3.05, 3.63) is 48.2 Å². The Morgan fingerprint density at radius 3 is 3.12 bits per heavy atom. The molecule has 1 aromatic carbocycles. The number of aromatic nitrogens is 3. The van der Waals surface area contributed by atoms with E-state index in [-0.39, 0.29) is 11.8 Å². The molecule has 0 saturated carbocycles. The number of carbonyl (C=O) groups excluding carboxylic acids is 1. The lowest BCUT2D eigenvalue weighted by molar-refractivity contribution is -0.121. The van der Waals surface area contributed by atoms with Crippen LogP contribution in [0.15, 0.2) is 42.6 Å². The lowest BCUT2D eigenvalue weighted by Gasteiger charge is -2.25. The second-order valence-corrected chi connectivity index (χ2v) is 5.83. The second kappa shape index (κ2) is 6.43. The summed E-state index contributed by atoms with van der Waals surface area (Å²) in [5.74, 6) is 1.45. The minimum atomic E-state index is -0.291. The van der Waals surface area contributed by atoms with Crippen molar-refractivity contribution in [1.29, 1.82) is 0 Å². The number of fused-ring (bicyclic) bond motifs is 2. The molecule has 1 aliphatic heterocycles. The van der Waals surface area contributed by atoms with Gasteiger partial charge in [-0.05, 0) is 37.1 Å². The first-order chi connectivity index (χ1) is 12.3. The molecule has 2 aromatic heterocycles. The van der Waals surface area contributed by atoms with Gasteiger partial charge in [-0.3, -0.25) is 14.5 Å². The monoisotopic (exact) mass is 338 g/mol. The SMILES string of the molecule is CCOc1cccc2c1OC[C@@H](C(=O)Nc1nnc3ccccn13)C2.